The first kappa shape index (κ1) is 16.8. The van der Waals surface area contributed by atoms with Crippen molar-refractivity contribution in [2.45, 2.75) is 20.5 Å². The number of pyridine rings is 1. The predicted octanol–water partition coefficient (Wildman–Crippen LogP) is 1.64. The molecule has 3 heterocycles. The zero-order valence-corrected chi connectivity index (χ0v) is 14.2. The summed E-state index contributed by atoms with van der Waals surface area (Å²) in [5.41, 5.74) is 3.08. The maximum absolute atomic E-state index is 12.0. The average molecular weight is 342 g/mol. The Kier molecular flexibility index (Phi) is 4.85. The van der Waals surface area contributed by atoms with Crippen molar-refractivity contribution >= 4 is 11.6 Å². The van der Waals surface area contributed by atoms with Crippen LogP contribution < -0.4 is 5.32 Å². The molecule has 3 rings (SSSR count). The maximum Gasteiger partial charge on any atom is 0.252 e. The summed E-state index contributed by atoms with van der Waals surface area (Å²) in [4.78, 5) is 20.2. The number of hydrogen-bond acceptors (Lipinski definition) is 7. The number of amides is 1. The topological polar surface area (TPSA) is 108 Å². The lowest BCUT2D eigenvalue weighted by molar-refractivity contribution is -0.121. The van der Waals surface area contributed by atoms with Crippen LogP contribution in [0.25, 0.3) is 11.4 Å². The Morgan fingerprint density at radius 1 is 1.40 bits per heavy atom. The number of nitrogens with one attached hydrogen (secondary N) is 1. The zero-order chi connectivity index (χ0) is 17.8. The molecule has 0 bridgehead atoms. The second-order valence-corrected chi connectivity index (χ2v) is 5.46. The minimum Gasteiger partial charge on any atom is -0.362 e. The van der Waals surface area contributed by atoms with E-state index >= 15 is 0 Å². The molecule has 0 fully saturated rings. The predicted molar refractivity (Wildman–Crippen MR) is 88.5 cm³/mol. The van der Waals surface area contributed by atoms with Crippen molar-refractivity contribution in [3.8, 4) is 11.4 Å². The molecule has 25 heavy (non-hydrogen) atoms. The molecule has 0 aliphatic heterocycles. The number of carbonyl (C=O) groups is 1. The number of ether oxygens (including phenoxy) is 1. The summed E-state index contributed by atoms with van der Waals surface area (Å²) in [5.74, 6) is 0.448. The van der Waals surface area contributed by atoms with Crippen molar-refractivity contribution in [3.63, 3.8) is 0 Å². The zero-order valence-electron chi connectivity index (χ0n) is 14.2. The van der Waals surface area contributed by atoms with Gasteiger partial charge >= 0.3 is 0 Å². The van der Waals surface area contributed by atoms with Gasteiger partial charge in [0.05, 0.1) is 17.1 Å². The van der Waals surface area contributed by atoms with Crippen LogP contribution in [0.3, 0.4) is 0 Å². The fourth-order valence-corrected chi connectivity index (χ4v) is 2.29. The van der Waals surface area contributed by atoms with Gasteiger partial charge in [-0.1, -0.05) is 5.16 Å². The van der Waals surface area contributed by atoms with Gasteiger partial charge in [-0.25, -0.2) is 0 Å². The van der Waals surface area contributed by atoms with Gasteiger partial charge in [0.15, 0.2) is 0 Å². The molecule has 3 aromatic heterocycles. The van der Waals surface area contributed by atoms with Gasteiger partial charge in [-0.15, -0.1) is 0 Å². The third-order valence-corrected chi connectivity index (χ3v) is 3.62. The van der Waals surface area contributed by atoms with Crippen LogP contribution in [0.1, 0.15) is 17.3 Å². The third-order valence-electron chi connectivity index (χ3n) is 3.62. The number of aryl methyl sites for hydroxylation is 2. The monoisotopic (exact) mass is 342 g/mol. The summed E-state index contributed by atoms with van der Waals surface area (Å²) in [6.45, 7) is 3.64. The molecule has 0 saturated heterocycles. The maximum atomic E-state index is 12.0. The Hall–Kier alpha value is -3.07. The van der Waals surface area contributed by atoms with Crippen LogP contribution in [0.15, 0.2) is 29.0 Å². The fraction of sp³-hybridized carbons (Fsp3) is 0.312. The molecule has 0 saturated carbocycles. The fourth-order valence-electron chi connectivity index (χ4n) is 2.29. The van der Waals surface area contributed by atoms with E-state index in [1.165, 1.54) is 0 Å². The minimum absolute atomic E-state index is 0.0473. The number of rotatable bonds is 6. The molecule has 0 atom stereocenters. The molecule has 9 nitrogen and oxygen atoms in total. The summed E-state index contributed by atoms with van der Waals surface area (Å²) in [7, 11) is 1.82. The quantitative estimate of drug-likeness (QED) is 0.725. The first-order valence-corrected chi connectivity index (χ1v) is 7.65. The second-order valence-electron chi connectivity index (χ2n) is 5.46. The van der Waals surface area contributed by atoms with Gasteiger partial charge in [-0.3, -0.25) is 14.5 Å². The second kappa shape index (κ2) is 7.22. The van der Waals surface area contributed by atoms with Crippen LogP contribution in [-0.4, -0.2) is 37.4 Å². The van der Waals surface area contributed by atoms with Gasteiger partial charge in [0, 0.05) is 25.0 Å². The van der Waals surface area contributed by atoms with E-state index in [0.29, 0.717) is 17.4 Å². The van der Waals surface area contributed by atoms with Crippen LogP contribution >= 0.6 is 0 Å². The molecule has 1 N–H and O–H groups in total. The highest BCUT2D eigenvalue weighted by molar-refractivity contribution is 5.92. The summed E-state index contributed by atoms with van der Waals surface area (Å²) in [5, 5.41) is 10.9. The lowest BCUT2D eigenvalue weighted by atomic mass is 10.3. The van der Waals surface area contributed by atoms with E-state index in [4.69, 9.17) is 9.26 Å². The first-order chi connectivity index (χ1) is 12.0. The molecule has 130 valence electrons. The van der Waals surface area contributed by atoms with E-state index in [0.717, 1.165) is 17.0 Å². The van der Waals surface area contributed by atoms with Crippen molar-refractivity contribution in [3.05, 3.63) is 41.8 Å². The summed E-state index contributed by atoms with van der Waals surface area (Å²) < 4.78 is 12.2. The molecule has 0 radical (unpaired) electrons. The lowest BCUT2D eigenvalue weighted by Crippen LogP contribution is -2.19. The summed E-state index contributed by atoms with van der Waals surface area (Å²) in [6.07, 6.45) is 3.30. The molecule has 0 aliphatic rings. The number of nitrogens with zero attached hydrogens (tertiary/aromatic N) is 5. The van der Waals surface area contributed by atoms with Crippen LogP contribution in [0, 0.1) is 13.8 Å². The lowest BCUT2D eigenvalue weighted by Gasteiger charge is -2.05. The van der Waals surface area contributed by atoms with E-state index in [1.807, 2.05) is 27.0 Å². The molecule has 0 aromatic carbocycles. The number of anilines is 1. The van der Waals surface area contributed by atoms with E-state index in [1.54, 1.807) is 23.1 Å². The van der Waals surface area contributed by atoms with Crippen LogP contribution in [0.5, 0.6) is 0 Å². The van der Waals surface area contributed by atoms with Crippen molar-refractivity contribution in [2.75, 3.05) is 11.9 Å². The van der Waals surface area contributed by atoms with Crippen molar-refractivity contribution in [1.29, 1.82) is 0 Å². The van der Waals surface area contributed by atoms with Gasteiger partial charge in [-0.05, 0) is 26.0 Å². The molecular weight excluding hydrogens is 324 g/mol. The Balaban J connectivity index is 1.51. The van der Waals surface area contributed by atoms with Crippen LogP contribution in [-0.2, 0) is 23.2 Å². The molecule has 0 unspecified atom stereocenters. The van der Waals surface area contributed by atoms with E-state index in [-0.39, 0.29) is 19.1 Å². The van der Waals surface area contributed by atoms with Crippen molar-refractivity contribution in [1.82, 2.24) is 24.9 Å². The van der Waals surface area contributed by atoms with Crippen molar-refractivity contribution < 1.29 is 14.1 Å². The van der Waals surface area contributed by atoms with Gasteiger partial charge < -0.3 is 14.6 Å². The van der Waals surface area contributed by atoms with E-state index in [2.05, 4.69) is 25.5 Å². The number of aromatic nitrogens is 5. The normalized spacial score (nSPS) is 10.8. The smallest absolute Gasteiger partial charge is 0.252 e. The largest absolute Gasteiger partial charge is 0.362 e. The van der Waals surface area contributed by atoms with Gasteiger partial charge in [0.25, 0.3) is 5.89 Å². The molecular formula is C16H18N6O3. The molecule has 9 heteroatoms. The van der Waals surface area contributed by atoms with Gasteiger partial charge in [0.2, 0.25) is 11.7 Å². The first-order valence-electron chi connectivity index (χ1n) is 7.65. The van der Waals surface area contributed by atoms with Gasteiger partial charge in [-0.2, -0.15) is 10.1 Å². The SMILES string of the molecule is Cc1nn(C)c(C)c1NC(=O)COCc1nc(-c2cccnc2)no1. The van der Waals surface area contributed by atoms with Gasteiger partial charge in [0.1, 0.15) is 13.2 Å². The summed E-state index contributed by atoms with van der Waals surface area (Å²) in [6, 6.07) is 3.61. The van der Waals surface area contributed by atoms with Crippen molar-refractivity contribution in [2.24, 2.45) is 7.05 Å². The average Bonchev–Trinajstić information content (AvgIpc) is 3.16. The molecule has 0 spiro atoms. The molecule has 0 aliphatic carbocycles. The molecule has 1 amide bonds. The van der Waals surface area contributed by atoms with E-state index < -0.39 is 0 Å². The Labute approximate surface area is 144 Å². The van der Waals surface area contributed by atoms with Crippen LogP contribution in [0.4, 0.5) is 5.69 Å². The Morgan fingerprint density at radius 3 is 2.92 bits per heavy atom. The molecule has 3 aromatic rings. The third kappa shape index (κ3) is 3.89. The highest BCUT2D eigenvalue weighted by atomic mass is 16.5. The highest BCUT2D eigenvalue weighted by Gasteiger charge is 2.13. The van der Waals surface area contributed by atoms with E-state index in [9.17, 15) is 4.79 Å². The number of hydrogen-bond donors (Lipinski definition) is 1. The Bertz CT molecular complexity index is 871. The minimum atomic E-state index is -0.272. The van der Waals surface area contributed by atoms with Crippen LogP contribution in [0.2, 0.25) is 0 Å². The Morgan fingerprint density at radius 2 is 2.24 bits per heavy atom. The summed E-state index contributed by atoms with van der Waals surface area (Å²) >= 11 is 0. The standard InChI is InChI=1S/C16H18N6O3/c1-10-15(11(2)22(3)20-10)18-13(23)8-24-9-14-19-16(21-25-14)12-5-4-6-17-7-12/h4-7H,8-9H2,1-3H3,(H,18,23). The number of carbonyl (C=O) groups excluding carboxylic acids is 1. The highest BCUT2D eigenvalue weighted by Crippen LogP contribution is 2.18.